The largest absolute Gasteiger partial charge is 0.358 e. The maximum atomic E-state index is 12.0. The molecule has 0 aliphatic rings. The molecule has 2 rings (SSSR count). The van der Waals surface area contributed by atoms with Crippen LogP contribution in [0.2, 0.25) is 0 Å². The molecule has 0 fully saturated rings. The normalized spacial score (nSPS) is 11.4. The fourth-order valence-corrected chi connectivity index (χ4v) is 2.66. The maximum absolute atomic E-state index is 12.0. The van der Waals surface area contributed by atoms with Crippen molar-refractivity contribution in [3.63, 3.8) is 0 Å². The van der Waals surface area contributed by atoms with Crippen LogP contribution in [-0.4, -0.2) is 4.98 Å². The zero-order chi connectivity index (χ0) is 12.6. The third-order valence-electron chi connectivity index (χ3n) is 2.78. The van der Waals surface area contributed by atoms with Crippen LogP contribution in [0, 0.1) is 12.8 Å². The van der Waals surface area contributed by atoms with Gasteiger partial charge in [0.1, 0.15) is 0 Å². The smallest absolute Gasteiger partial charge is 0.189 e. The first-order valence-corrected chi connectivity index (χ1v) is 6.58. The van der Waals surface area contributed by atoms with E-state index in [2.05, 4.69) is 34.8 Å². The average Bonchev–Trinajstić information content (AvgIpc) is 2.19. The standard InChI is InChI=1S/C14H16BrNO/c1-8(2)4-11-7-13(17)12-6-10(15)5-9(3)14(12)16-11/h5-8H,4H2,1-3H3,(H,16,17). The Balaban J connectivity index is 2.69. The molecule has 1 N–H and O–H groups in total. The second kappa shape index (κ2) is 4.65. The van der Waals surface area contributed by atoms with E-state index < -0.39 is 0 Å². The van der Waals surface area contributed by atoms with Gasteiger partial charge in [0.2, 0.25) is 0 Å². The Morgan fingerprint density at radius 1 is 1.29 bits per heavy atom. The number of benzene rings is 1. The van der Waals surface area contributed by atoms with E-state index in [9.17, 15) is 4.79 Å². The highest BCUT2D eigenvalue weighted by Gasteiger charge is 2.07. The van der Waals surface area contributed by atoms with E-state index in [1.54, 1.807) is 6.07 Å². The number of nitrogens with one attached hydrogen (secondary N) is 1. The number of aromatic amines is 1. The number of pyridine rings is 1. The summed E-state index contributed by atoms with van der Waals surface area (Å²) in [5.74, 6) is 0.541. The molecule has 1 aromatic heterocycles. The molecule has 0 aliphatic heterocycles. The minimum Gasteiger partial charge on any atom is -0.358 e. The Hall–Kier alpha value is -1.09. The van der Waals surface area contributed by atoms with Crippen LogP contribution in [0.3, 0.4) is 0 Å². The quantitative estimate of drug-likeness (QED) is 0.898. The van der Waals surface area contributed by atoms with Gasteiger partial charge >= 0.3 is 0 Å². The zero-order valence-electron chi connectivity index (χ0n) is 10.3. The summed E-state index contributed by atoms with van der Waals surface area (Å²) in [6, 6.07) is 5.62. The van der Waals surface area contributed by atoms with Crippen LogP contribution in [0.5, 0.6) is 0 Å². The Morgan fingerprint density at radius 2 is 2.00 bits per heavy atom. The lowest BCUT2D eigenvalue weighted by molar-refractivity contribution is 0.636. The second-order valence-electron chi connectivity index (χ2n) is 4.90. The summed E-state index contributed by atoms with van der Waals surface area (Å²) in [7, 11) is 0. The third-order valence-corrected chi connectivity index (χ3v) is 3.24. The predicted octanol–water partition coefficient (Wildman–Crippen LogP) is 3.80. The van der Waals surface area contributed by atoms with Crippen LogP contribution in [0.15, 0.2) is 27.5 Å². The van der Waals surface area contributed by atoms with E-state index in [0.717, 1.165) is 33.1 Å². The summed E-state index contributed by atoms with van der Waals surface area (Å²) in [5.41, 5.74) is 3.16. The first kappa shape index (κ1) is 12.4. The van der Waals surface area contributed by atoms with Crippen molar-refractivity contribution >= 4 is 26.8 Å². The van der Waals surface area contributed by atoms with Crippen molar-refractivity contribution in [1.82, 2.24) is 4.98 Å². The number of fused-ring (bicyclic) bond motifs is 1. The first-order valence-electron chi connectivity index (χ1n) is 5.79. The number of halogens is 1. The van der Waals surface area contributed by atoms with Gasteiger partial charge in [0.25, 0.3) is 0 Å². The summed E-state index contributed by atoms with van der Waals surface area (Å²) in [6.07, 6.45) is 0.903. The summed E-state index contributed by atoms with van der Waals surface area (Å²) < 4.78 is 0.949. The number of hydrogen-bond donors (Lipinski definition) is 1. The lowest BCUT2D eigenvalue weighted by Gasteiger charge is -2.09. The van der Waals surface area contributed by atoms with Crippen LogP contribution in [0.25, 0.3) is 10.9 Å². The summed E-state index contributed by atoms with van der Waals surface area (Å²) in [6.45, 7) is 6.32. The molecule has 0 saturated carbocycles. The van der Waals surface area contributed by atoms with E-state index in [4.69, 9.17) is 0 Å². The Kier molecular flexibility index (Phi) is 3.38. The van der Waals surface area contributed by atoms with Crippen molar-refractivity contribution in [2.24, 2.45) is 5.92 Å². The molecule has 90 valence electrons. The SMILES string of the molecule is Cc1cc(Br)cc2c(=O)cc(CC(C)C)[nH]c12. The van der Waals surface area contributed by atoms with Gasteiger partial charge in [0.05, 0.1) is 5.52 Å². The molecule has 0 saturated heterocycles. The van der Waals surface area contributed by atoms with Crippen molar-refractivity contribution in [1.29, 1.82) is 0 Å². The third kappa shape index (κ3) is 2.60. The van der Waals surface area contributed by atoms with Gasteiger partial charge < -0.3 is 4.98 Å². The maximum Gasteiger partial charge on any atom is 0.189 e. The summed E-state index contributed by atoms with van der Waals surface area (Å²) in [5, 5.41) is 0.754. The summed E-state index contributed by atoms with van der Waals surface area (Å²) in [4.78, 5) is 15.4. The number of hydrogen-bond acceptors (Lipinski definition) is 1. The van der Waals surface area contributed by atoms with Crippen molar-refractivity contribution in [2.75, 3.05) is 0 Å². The molecule has 1 heterocycles. The van der Waals surface area contributed by atoms with Crippen LogP contribution < -0.4 is 5.43 Å². The predicted molar refractivity (Wildman–Crippen MR) is 75.5 cm³/mol. The molecule has 0 bridgehead atoms. The van der Waals surface area contributed by atoms with Crippen molar-refractivity contribution in [3.8, 4) is 0 Å². The van der Waals surface area contributed by atoms with Gasteiger partial charge in [0.15, 0.2) is 5.43 Å². The van der Waals surface area contributed by atoms with Crippen molar-refractivity contribution in [3.05, 3.63) is 44.2 Å². The fraction of sp³-hybridized carbons (Fsp3) is 0.357. The molecule has 2 aromatic rings. The number of H-pyrrole nitrogens is 1. The van der Waals surface area contributed by atoms with Gasteiger partial charge in [-0.25, -0.2) is 0 Å². The molecule has 1 aromatic carbocycles. The second-order valence-corrected chi connectivity index (χ2v) is 5.82. The molecule has 17 heavy (non-hydrogen) atoms. The van der Waals surface area contributed by atoms with E-state index in [1.165, 1.54) is 0 Å². The Labute approximate surface area is 109 Å². The topological polar surface area (TPSA) is 32.9 Å². The first-order chi connectivity index (χ1) is 7.97. The van der Waals surface area contributed by atoms with Gasteiger partial charge in [-0.3, -0.25) is 4.79 Å². The van der Waals surface area contributed by atoms with Gasteiger partial charge in [-0.15, -0.1) is 0 Å². The van der Waals surface area contributed by atoms with Gasteiger partial charge in [0, 0.05) is 21.6 Å². The molecule has 0 aliphatic carbocycles. The number of aryl methyl sites for hydroxylation is 1. The molecular formula is C14H16BrNO. The monoisotopic (exact) mass is 293 g/mol. The molecule has 0 atom stereocenters. The molecule has 0 radical (unpaired) electrons. The summed E-state index contributed by atoms with van der Waals surface area (Å²) >= 11 is 3.42. The zero-order valence-corrected chi connectivity index (χ0v) is 11.9. The van der Waals surface area contributed by atoms with Gasteiger partial charge in [-0.05, 0) is 37.0 Å². The van der Waals surface area contributed by atoms with Crippen molar-refractivity contribution < 1.29 is 0 Å². The lowest BCUT2D eigenvalue weighted by atomic mass is 10.1. The number of rotatable bonds is 2. The average molecular weight is 294 g/mol. The molecular weight excluding hydrogens is 278 g/mol. The van der Waals surface area contributed by atoms with E-state index in [0.29, 0.717) is 5.92 Å². The highest BCUT2D eigenvalue weighted by Crippen LogP contribution is 2.20. The van der Waals surface area contributed by atoms with Gasteiger partial charge in [-0.2, -0.15) is 0 Å². The molecule has 0 spiro atoms. The molecule has 0 amide bonds. The number of aromatic nitrogens is 1. The van der Waals surface area contributed by atoms with Crippen LogP contribution in [-0.2, 0) is 6.42 Å². The Morgan fingerprint density at radius 3 is 2.65 bits per heavy atom. The fourth-order valence-electron chi connectivity index (χ4n) is 2.09. The molecule has 3 heteroatoms. The Bertz CT molecular complexity index is 613. The lowest BCUT2D eigenvalue weighted by Crippen LogP contribution is -2.08. The van der Waals surface area contributed by atoms with E-state index in [1.807, 2.05) is 19.1 Å². The van der Waals surface area contributed by atoms with Crippen LogP contribution in [0.1, 0.15) is 25.1 Å². The minimum absolute atomic E-state index is 0.0961. The highest BCUT2D eigenvalue weighted by molar-refractivity contribution is 9.10. The minimum atomic E-state index is 0.0961. The van der Waals surface area contributed by atoms with E-state index in [-0.39, 0.29) is 5.43 Å². The molecule has 0 unspecified atom stereocenters. The van der Waals surface area contributed by atoms with Crippen molar-refractivity contribution in [2.45, 2.75) is 27.2 Å². The van der Waals surface area contributed by atoms with Gasteiger partial charge in [-0.1, -0.05) is 29.8 Å². The van der Waals surface area contributed by atoms with Crippen LogP contribution in [0.4, 0.5) is 0 Å². The van der Waals surface area contributed by atoms with E-state index >= 15 is 0 Å². The molecule has 2 nitrogen and oxygen atoms in total. The van der Waals surface area contributed by atoms with Crippen LogP contribution >= 0.6 is 15.9 Å². The highest BCUT2D eigenvalue weighted by atomic mass is 79.9.